The lowest BCUT2D eigenvalue weighted by Gasteiger charge is -2.32. The molecule has 0 amide bonds. The zero-order valence-electron chi connectivity index (χ0n) is 11.6. The van der Waals surface area contributed by atoms with Crippen molar-refractivity contribution < 1.29 is 0 Å². The summed E-state index contributed by atoms with van der Waals surface area (Å²) in [4.78, 5) is 0. The summed E-state index contributed by atoms with van der Waals surface area (Å²) in [6, 6.07) is 5.86. The first kappa shape index (κ1) is 15.2. The molecule has 19 heavy (non-hydrogen) atoms. The third-order valence-corrected chi connectivity index (χ3v) is 4.86. The second kappa shape index (κ2) is 7.52. The topological polar surface area (TPSA) is 12.0 Å². The van der Waals surface area contributed by atoms with Crippen LogP contribution in [0.3, 0.4) is 0 Å². The average molecular weight is 300 g/mol. The molecule has 1 atom stereocenters. The molecule has 1 unspecified atom stereocenters. The van der Waals surface area contributed by atoms with Gasteiger partial charge in [0.2, 0.25) is 0 Å². The minimum atomic E-state index is 0.446. The molecule has 1 fully saturated rings. The molecule has 1 aliphatic rings. The first-order valence-corrected chi connectivity index (χ1v) is 8.14. The predicted octanol–water partition coefficient (Wildman–Crippen LogP) is 5.27. The van der Waals surface area contributed by atoms with Crippen LogP contribution in [0.5, 0.6) is 0 Å². The SMILES string of the molecule is CCNCC(c1c(Cl)cccc1Cl)C1CCCCC1. The molecule has 0 bridgehead atoms. The number of nitrogens with one attached hydrogen (secondary N) is 1. The minimum absolute atomic E-state index is 0.446. The molecule has 3 heteroatoms. The van der Waals surface area contributed by atoms with Crippen molar-refractivity contribution in [3.8, 4) is 0 Å². The van der Waals surface area contributed by atoms with Crippen molar-refractivity contribution in [3.05, 3.63) is 33.8 Å². The van der Waals surface area contributed by atoms with Crippen LogP contribution < -0.4 is 5.32 Å². The normalized spacial score (nSPS) is 18.5. The van der Waals surface area contributed by atoms with Crippen molar-refractivity contribution in [3.63, 3.8) is 0 Å². The van der Waals surface area contributed by atoms with Crippen molar-refractivity contribution in [2.24, 2.45) is 5.92 Å². The van der Waals surface area contributed by atoms with E-state index in [1.807, 2.05) is 18.2 Å². The Morgan fingerprint density at radius 2 is 1.79 bits per heavy atom. The van der Waals surface area contributed by atoms with Gasteiger partial charge >= 0.3 is 0 Å². The molecule has 0 heterocycles. The Bertz CT molecular complexity index is 379. The van der Waals surface area contributed by atoms with Crippen LogP contribution in [0, 0.1) is 5.92 Å². The van der Waals surface area contributed by atoms with Crippen LogP contribution in [0.1, 0.15) is 50.5 Å². The Morgan fingerprint density at radius 1 is 1.16 bits per heavy atom. The first-order chi connectivity index (χ1) is 9.24. The maximum atomic E-state index is 6.41. The monoisotopic (exact) mass is 299 g/mol. The van der Waals surface area contributed by atoms with Gasteiger partial charge in [-0.15, -0.1) is 0 Å². The Kier molecular flexibility index (Phi) is 6.00. The zero-order chi connectivity index (χ0) is 13.7. The van der Waals surface area contributed by atoms with E-state index in [4.69, 9.17) is 23.2 Å². The smallest absolute Gasteiger partial charge is 0.0456 e. The molecule has 0 saturated heterocycles. The predicted molar refractivity (Wildman–Crippen MR) is 84.3 cm³/mol. The van der Waals surface area contributed by atoms with Gasteiger partial charge in [-0.25, -0.2) is 0 Å². The number of rotatable bonds is 5. The third-order valence-electron chi connectivity index (χ3n) is 4.20. The summed E-state index contributed by atoms with van der Waals surface area (Å²) in [6.45, 7) is 4.11. The largest absolute Gasteiger partial charge is 0.316 e. The van der Waals surface area contributed by atoms with E-state index in [0.29, 0.717) is 11.8 Å². The van der Waals surface area contributed by atoms with Gasteiger partial charge in [0.15, 0.2) is 0 Å². The van der Waals surface area contributed by atoms with Crippen LogP contribution in [0.25, 0.3) is 0 Å². The molecule has 1 nitrogen and oxygen atoms in total. The van der Waals surface area contributed by atoms with Crippen molar-refractivity contribution >= 4 is 23.2 Å². The standard InChI is InChI=1S/C16H23Cl2N/c1-2-19-11-13(12-7-4-3-5-8-12)16-14(17)9-6-10-15(16)18/h6,9-10,12-13,19H,2-5,7-8,11H2,1H3. The fraction of sp³-hybridized carbons (Fsp3) is 0.625. The van der Waals surface area contributed by atoms with E-state index in [9.17, 15) is 0 Å². The summed E-state index contributed by atoms with van der Waals surface area (Å²) in [5.41, 5.74) is 1.15. The van der Waals surface area contributed by atoms with E-state index >= 15 is 0 Å². The Hall–Kier alpha value is -0.240. The second-order valence-electron chi connectivity index (χ2n) is 5.45. The molecular weight excluding hydrogens is 277 g/mol. The van der Waals surface area contributed by atoms with Gasteiger partial charge < -0.3 is 5.32 Å². The Labute approximate surface area is 126 Å². The first-order valence-electron chi connectivity index (χ1n) is 7.38. The molecule has 106 valence electrons. The Morgan fingerprint density at radius 3 is 2.37 bits per heavy atom. The molecule has 0 aliphatic heterocycles. The fourth-order valence-corrected chi connectivity index (χ4v) is 3.88. The lowest BCUT2D eigenvalue weighted by Crippen LogP contribution is -2.28. The van der Waals surface area contributed by atoms with Gasteiger partial charge in [-0.1, -0.05) is 55.5 Å². The van der Waals surface area contributed by atoms with Gasteiger partial charge in [-0.2, -0.15) is 0 Å². The molecule has 1 N–H and O–H groups in total. The summed E-state index contributed by atoms with van der Waals surface area (Å²) in [5, 5.41) is 5.12. The van der Waals surface area contributed by atoms with Crippen LogP contribution in [-0.4, -0.2) is 13.1 Å². The molecule has 1 saturated carbocycles. The minimum Gasteiger partial charge on any atom is -0.316 e. The molecule has 0 spiro atoms. The van der Waals surface area contributed by atoms with Gasteiger partial charge in [0.05, 0.1) is 0 Å². The van der Waals surface area contributed by atoms with E-state index in [1.54, 1.807) is 0 Å². The summed E-state index contributed by atoms with van der Waals surface area (Å²) >= 11 is 12.8. The maximum absolute atomic E-state index is 6.41. The number of likely N-dealkylation sites (N-methyl/N-ethyl adjacent to an activating group) is 1. The highest BCUT2D eigenvalue weighted by Crippen LogP contribution is 2.41. The van der Waals surface area contributed by atoms with Crippen LogP contribution in [0.2, 0.25) is 10.0 Å². The van der Waals surface area contributed by atoms with Gasteiger partial charge in [-0.3, -0.25) is 0 Å². The maximum Gasteiger partial charge on any atom is 0.0456 e. The highest BCUT2D eigenvalue weighted by Gasteiger charge is 2.27. The molecule has 1 aromatic carbocycles. The molecule has 1 aliphatic carbocycles. The van der Waals surface area contributed by atoms with Crippen molar-refractivity contribution in [1.82, 2.24) is 5.32 Å². The zero-order valence-corrected chi connectivity index (χ0v) is 13.1. The van der Waals surface area contributed by atoms with E-state index in [1.165, 1.54) is 32.1 Å². The van der Waals surface area contributed by atoms with Crippen LogP contribution in [-0.2, 0) is 0 Å². The summed E-state index contributed by atoms with van der Waals surface area (Å²) < 4.78 is 0. The number of hydrogen-bond acceptors (Lipinski definition) is 1. The number of hydrogen-bond donors (Lipinski definition) is 1. The third kappa shape index (κ3) is 3.87. The molecule has 0 aromatic heterocycles. The number of benzene rings is 1. The van der Waals surface area contributed by atoms with Crippen molar-refractivity contribution in [2.75, 3.05) is 13.1 Å². The molecule has 1 aromatic rings. The van der Waals surface area contributed by atoms with Crippen molar-refractivity contribution in [2.45, 2.75) is 44.9 Å². The summed E-state index contributed by atoms with van der Waals surface area (Å²) in [6.07, 6.45) is 6.67. The van der Waals surface area contributed by atoms with E-state index in [0.717, 1.165) is 28.7 Å². The van der Waals surface area contributed by atoms with E-state index in [-0.39, 0.29) is 0 Å². The van der Waals surface area contributed by atoms with Crippen LogP contribution in [0.15, 0.2) is 18.2 Å². The fourth-order valence-electron chi connectivity index (χ4n) is 3.21. The molecule has 2 rings (SSSR count). The second-order valence-corrected chi connectivity index (χ2v) is 6.26. The van der Waals surface area contributed by atoms with Gasteiger partial charge in [0.25, 0.3) is 0 Å². The summed E-state index contributed by atoms with van der Waals surface area (Å²) in [7, 11) is 0. The van der Waals surface area contributed by atoms with Gasteiger partial charge in [0, 0.05) is 22.5 Å². The molecular formula is C16H23Cl2N. The highest BCUT2D eigenvalue weighted by atomic mass is 35.5. The van der Waals surface area contributed by atoms with E-state index in [2.05, 4.69) is 12.2 Å². The number of halogens is 2. The van der Waals surface area contributed by atoms with Crippen LogP contribution in [0.4, 0.5) is 0 Å². The quantitative estimate of drug-likeness (QED) is 0.781. The van der Waals surface area contributed by atoms with Gasteiger partial charge in [-0.05, 0) is 43.0 Å². The lowest BCUT2D eigenvalue weighted by molar-refractivity contribution is 0.298. The lowest BCUT2D eigenvalue weighted by atomic mass is 9.76. The Balaban J connectivity index is 2.25. The van der Waals surface area contributed by atoms with Crippen molar-refractivity contribution in [1.29, 1.82) is 0 Å². The average Bonchev–Trinajstić information content (AvgIpc) is 2.43. The highest BCUT2D eigenvalue weighted by molar-refractivity contribution is 6.36. The van der Waals surface area contributed by atoms with E-state index < -0.39 is 0 Å². The molecule has 0 radical (unpaired) electrons. The summed E-state index contributed by atoms with van der Waals surface area (Å²) in [5.74, 6) is 1.16. The van der Waals surface area contributed by atoms with Crippen LogP contribution >= 0.6 is 23.2 Å². The van der Waals surface area contributed by atoms with Gasteiger partial charge in [0.1, 0.15) is 0 Å².